The van der Waals surface area contributed by atoms with E-state index in [2.05, 4.69) is 18.8 Å². The van der Waals surface area contributed by atoms with Crippen LogP contribution in [0.2, 0.25) is 5.15 Å². The number of nitrogens with zero attached hydrogens (tertiary/aromatic N) is 1. The van der Waals surface area contributed by atoms with Gasteiger partial charge in [0.15, 0.2) is 11.4 Å². The molecular weight excluding hydrogens is 282 g/mol. The molecule has 0 saturated heterocycles. The van der Waals surface area contributed by atoms with E-state index in [1.165, 1.54) is 0 Å². The van der Waals surface area contributed by atoms with Crippen LogP contribution in [0.1, 0.15) is 40.6 Å². The number of rotatable bonds is 4. The summed E-state index contributed by atoms with van der Waals surface area (Å²) in [6, 6.07) is 6.06. The molecule has 0 atom stereocenters. The molecule has 2 rings (SSSR count). The normalized spacial score (nSPS) is 10.8. The van der Waals surface area contributed by atoms with Gasteiger partial charge in [0.2, 0.25) is 0 Å². The Bertz CT molecular complexity index is 607. The molecule has 0 aliphatic rings. The number of hydrogen-bond acceptors (Lipinski definition) is 4. The van der Waals surface area contributed by atoms with Crippen molar-refractivity contribution in [1.82, 2.24) is 4.98 Å². The SMILES string of the molecule is Cc1ccc(C(C)C)c(Oc2nc(Cl)c(C=O)s2)c1. The predicted molar refractivity (Wildman–Crippen MR) is 77.9 cm³/mol. The van der Waals surface area contributed by atoms with Gasteiger partial charge in [0.25, 0.3) is 5.19 Å². The van der Waals surface area contributed by atoms with Crippen molar-refractivity contribution in [3.63, 3.8) is 0 Å². The molecule has 5 heteroatoms. The average molecular weight is 296 g/mol. The van der Waals surface area contributed by atoms with E-state index in [1.54, 1.807) is 0 Å². The van der Waals surface area contributed by atoms with Crippen LogP contribution in [-0.4, -0.2) is 11.3 Å². The van der Waals surface area contributed by atoms with Crippen LogP contribution in [0.5, 0.6) is 10.9 Å². The van der Waals surface area contributed by atoms with Crippen molar-refractivity contribution in [2.45, 2.75) is 26.7 Å². The number of benzene rings is 1. The minimum absolute atomic E-state index is 0.189. The van der Waals surface area contributed by atoms with Crippen molar-refractivity contribution < 1.29 is 9.53 Å². The summed E-state index contributed by atoms with van der Waals surface area (Å²) in [7, 11) is 0. The van der Waals surface area contributed by atoms with Gasteiger partial charge in [-0.15, -0.1) is 0 Å². The maximum absolute atomic E-state index is 10.8. The highest BCUT2D eigenvalue weighted by molar-refractivity contribution is 7.15. The summed E-state index contributed by atoms with van der Waals surface area (Å²) in [5.74, 6) is 1.11. The lowest BCUT2D eigenvalue weighted by molar-refractivity contribution is 0.112. The lowest BCUT2D eigenvalue weighted by atomic mass is 10.0. The second kappa shape index (κ2) is 5.72. The fourth-order valence-corrected chi connectivity index (χ4v) is 2.63. The topological polar surface area (TPSA) is 39.2 Å². The third-order valence-electron chi connectivity index (χ3n) is 2.69. The van der Waals surface area contributed by atoms with Gasteiger partial charge in [-0.3, -0.25) is 4.79 Å². The molecule has 0 N–H and O–H groups in total. The molecule has 1 aromatic heterocycles. The summed E-state index contributed by atoms with van der Waals surface area (Å²) in [4.78, 5) is 15.2. The van der Waals surface area contributed by atoms with Gasteiger partial charge in [0.1, 0.15) is 10.6 Å². The summed E-state index contributed by atoms with van der Waals surface area (Å²) >= 11 is 6.98. The standard InChI is InChI=1S/C14H14ClNO2S/c1-8(2)10-5-4-9(3)6-11(10)18-14-16-13(15)12(7-17)19-14/h4-8H,1-3H3. The van der Waals surface area contributed by atoms with Crippen molar-refractivity contribution in [3.8, 4) is 10.9 Å². The second-order valence-electron chi connectivity index (χ2n) is 4.55. The molecule has 0 aliphatic heterocycles. The maximum Gasteiger partial charge on any atom is 0.280 e. The average Bonchev–Trinajstić information content (AvgIpc) is 2.69. The molecular formula is C14H14ClNO2S. The van der Waals surface area contributed by atoms with Crippen LogP contribution < -0.4 is 4.74 Å². The Morgan fingerprint density at radius 2 is 2.16 bits per heavy atom. The van der Waals surface area contributed by atoms with Crippen LogP contribution >= 0.6 is 22.9 Å². The number of aromatic nitrogens is 1. The first-order valence-electron chi connectivity index (χ1n) is 5.91. The molecule has 0 fully saturated rings. The van der Waals surface area contributed by atoms with Crippen LogP contribution in [0.4, 0.5) is 0 Å². The highest BCUT2D eigenvalue weighted by Crippen LogP contribution is 2.35. The smallest absolute Gasteiger partial charge is 0.280 e. The quantitative estimate of drug-likeness (QED) is 0.758. The third-order valence-corrected chi connectivity index (χ3v) is 3.94. The van der Waals surface area contributed by atoms with Crippen LogP contribution in [0.25, 0.3) is 0 Å². The Hall–Kier alpha value is -1.39. The van der Waals surface area contributed by atoms with Crippen molar-refractivity contribution >= 4 is 29.2 Å². The number of aldehydes is 1. The van der Waals surface area contributed by atoms with E-state index in [4.69, 9.17) is 16.3 Å². The van der Waals surface area contributed by atoms with Crippen LogP contribution in [0.15, 0.2) is 18.2 Å². The molecule has 19 heavy (non-hydrogen) atoms. The molecule has 100 valence electrons. The minimum atomic E-state index is 0.189. The first-order chi connectivity index (χ1) is 9.01. The van der Waals surface area contributed by atoms with Crippen molar-refractivity contribution in [3.05, 3.63) is 39.4 Å². The number of halogens is 1. The number of thiazole rings is 1. The lowest BCUT2D eigenvalue weighted by Crippen LogP contribution is -1.94. The second-order valence-corrected chi connectivity index (χ2v) is 5.90. The van der Waals surface area contributed by atoms with Gasteiger partial charge in [-0.05, 0) is 30.0 Å². The Labute approximate surface area is 121 Å². The Kier molecular flexibility index (Phi) is 4.22. The maximum atomic E-state index is 10.8. The van der Waals surface area contributed by atoms with E-state index < -0.39 is 0 Å². The zero-order valence-corrected chi connectivity index (χ0v) is 12.5. The van der Waals surface area contributed by atoms with Gasteiger partial charge in [0, 0.05) is 0 Å². The third kappa shape index (κ3) is 3.14. The van der Waals surface area contributed by atoms with E-state index in [0.717, 1.165) is 28.2 Å². The number of carbonyl (C=O) groups excluding carboxylic acids is 1. The summed E-state index contributed by atoms with van der Waals surface area (Å²) < 4.78 is 5.78. The molecule has 0 radical (unpaired) electrons. The molecule has 1 aromatic carbocycles. The number of ether oxygens (including phenoxy) is 1. The predicted octanol–water partition coefficient (Wildman–Crippen LogP) is 4.83. The van der Waals surface area contributed by atoms with E-state index in [1.807, 2.05) is 25.1 Å². The first kappa shape index (κ1) is 14.0. The van der Waals surface area contributed by atoms with Crippen LogP contribution in [0.3, 0.4) is 0 Å². The Balaban J connectivity index is 2.36. The lowest BCUT2D eigenvalue weighted by Gasteiger charge is -2.12. The van der Waals surface area contributed by atoms with Gasteiger partial charge < -0.3 is 4.74 Å². The van der Waals surface area contributed by atoms with E-state index in [9.17, 15) is 4.79 Å². The van der Waals surface area contributed by atoms with Gasteiger partial charge in [-0.2, -0.15) is 4.98 Å². The molecule has 0 saturated carbocycles. The zero-order valence-electron chi connectivity index (χ0n) is 10.9. The highest BCUT2D eigenvalue weighted by Gasteiger charge is 2.14. The number of hydrogen-bond donors (Lipinski definition) is 0. The number of aryl methyl sites for hydroxylation is 1. The summed E-state index contributed by atoms with van der Waals surface area (Å²) in [5.41, 5.74) is 2.21. The fourth-order valence-electron chi connectivity index (χ4n) is 1.71. The van der Waals surface area contributed by atoms with Crippen LogP contribution in [0, 0.1) is 6.92 Å². The molecule has 2 aromatic rings. The minimum Gasteiger partial charge on any atom is -0.431 e. The van der Waals surface area contributed by atoms with Crippen LogP contribution in [-0.2, 0) is 0 Å². The van der Waals surface area contributed by atoms with Crippen molar-refractivity contribution in [1.29, 1.82) is 0 Å². The molecule has 1 heterocycles. The van der Waals surface area contributed by atoms with E-state index >= 15 is 0 Å². The highest BCUT2D eigenvalue weighted by atomic mass is 35.5. The number of carbonyl (C=O) groups is 1. The Morgan fingerprint density at radius 3 is 2.74 bits per heavy atom. The Morgan fingerprint density at radius 1 is 1.42 bits per heavy atom. The molecule has 0 bridgehead atoms. The summed E-state index contributed by atoms with van der Waals surface area (Å²) in [6.07, 6.45) is 0.687. The zero-order chi connectivity index (χ0) is 14.0. The molecule has 3 nitrogen and oxygen atoms in total. The van der Waals surface area contributed by atoms with Gasteiger partial charge in [-0.1, -0.05) is 48.9 Å². The fraction of sp³-hybridized carbons (Fsp3) is 0.286. The largest absolute Gasteiger partial charge is 0.431 e. The van der Waals surface area contributed by atoms with Gasteiger partial charge >= 0.3 is 0 Å². The van der Waals surface area contributed by atoms with E-state index in [0.29, 0.717) is 22.3 Å². The first-order valence-corrected chi connectivity index (χ1v) is 7.10. The van der Waals surface area contributed by atoms with Gasteiger partial charge in [-0.25, -0.2) is 0 Å². The molecule has 0 unspecified atom stereocenters. The molecule has 0 spiro atoms. The monoisotopic (exact) mass is 295 g/mol. The summed E-state index contributed by atoms with van der Waals surface area (Å²) in [6.45, 7) is 6.20. The van der Waals surface area contributed by atoms with E-state index in [-0.39, 0.29) is 5.15 Å². The molecule has 0 amide bonds. The summed E-state index contributed by atoms with van der Waals surface area (Å²) in [5, 5.41) is 0.577. The molecule has 0 aliphatic carbocycles. The van der Waals surface area contributed by atoms with Crippen molar-refractivity contribution in [2.75, 3.05) is 0 Å². The van der Waals surface area contributed by atoms with Crippen molar-refractivity contribution in [2.24, 2.45) is 0 Å². The van der Waals surface area contributed by atoms with Gasteiger partial charge in [0.05, 0.1) is 0 Å².